The predicted molar refractivity (Wildman–Crippen MR) is 80.7 cm³/mol. The van der Waals surface area contributed by atoms with Crippen LogP contribution in [-0.4, -0.2) is 22.5 Å². The van der Waals surface area contributed by atoms with Gasteiger partial charge in [-0.15, -0.1) is 0 Å². The minimum absolute atomic E-state index is 0.0353. The Hall–Kier alpha value is -1.43. The van der Waals surface area contributed by atoms with Crippen molar-refractivity contribution in [3.8, 4) is 0 Å². The van der Waals surface area contributed by atoms with E-state index in [0.29, 0.717) is 17.0 Å². The van der Waals surface area contributed by atoms with Crippen molar-refractivity contribution in [2.75, 3.05) is 17.3 Å². The first-order valence-corrected chi connectivity index (χ1v) is 7.74. The van der Waals surface area contributed by atoms with Gasteiger partial charge in [-0.3, -0.25) is 10.1 Å². The zero-order chi connectivity index (χ0) is 13.8. The maximum absolute atomic E-state index is 10.7. The van der Waals surface area contributed by atoms with Crippen molar-refractivity contribution in [3.05, 3.63) is 28.3 Å². The summed E-state index contributed by atoms with van der Waals surface area (Å²) < 4.78 is 0. The number of anilines is 2. The molecule has 3 N–H and O–H groups in total. The van der Waals surface area contributed by atoms with Gasteiger partial charge in [-0.1, -0.05) is 12.8 Å². The Balaban J connectivity index is 2.11. The summed E-state index contributed by atoms with van der Waals surface area (Å²) in [4.78, 5) is 10.3. The lowest BCUT2D eigenvalue weighted by Gasteiger charge is -2.32. The van der Waals surface area contributed by atoms with E-state index in [1.54, 1.807) is 6.07 Å². The molecule has 104 valence electrons. The fraction of sp³-hybridized carbons (Fsp3) is 0.538. The second kappa shape index (κ2) is 6.14. The molecule has 1 fully saturated rings. The molecule has 0 amide bonds. The highest BCUT2D eigenvalue weighted by Crippen LogP contribution is 2.32. The summed E-state index contributed by atoms with van der Waals surface area (Å²) in [5.41, 5.74) is 7.17. The van der Waals surface area contributed by atoms with Crippen molar-refractivity contribution < 1.29 is 4.92 Å². The first kappa shape index (κ1) is 14.0. The Kier molecular flexibility index (Phi) is 4.52. The minimum atomic E-state index is -0.425. The highest BCUT2D eigenvalue weighted by molar-refractivity contribution is 7.99. The van der Waals surface area contributed by atoms with Crippen LogP contribution in [0.3, 0.4) is 0 Å². The summed E-state index contributed by atoms with van der Waals surface area (Å²) >= 11 is 1.88. The van der Waals surface area contributed by atoms with E-state index in [1.165, 1.54) is 31.4 Å². The van der Waals surface area contributed by atoms with Crippen molar-refractivity contribution in [1.82, 2.24) is 0 Å². The smallest absolute Gasteiger partial charge is 0.271 e. The molecule has 0 spiro atoms. The van der Waals surface area contributed by atoms with E-state index < -0.39 is 4.92 Å². The number of rotatable bonds is 4. The zero-order valence-electron chi connectivity index (χ0n) is 11.0. The number of nitro benzene ring substituents is 1. The average molecular weight is 281 g/mol. The van der Waals surface area contributed by atoms with Gasteiger partial charge in [0.15, 0.2) is 0 Å². The third-order valence-corrected chi connectivity index (χ3v) is 4.76. The van der Waals surface area contributed by atoms with E-state index in [9.17, 15) is 10.1 Å². The third-order valence-electron chi connectivity index (χ3n) is 3.59. The van der Waals surface area contributed by atoms with Crippen LogP contribution in [0.2, 0.25) is 0 Å². The Morgan fingerprint density at radius 1 is 1.42 bits per heavy atom. The molecule has 0 saturated heterocycles. The van der Waals surface area contributed by atoms with E-state index in [-0.39, 0.29) is 5.69 Å². The first-order chi connectivity index (χ1) is 9.11. The van der Waals surface area contributed by atoms with Crippen molar-refractivity contribution in [2.45, 2.75) is 37.0 Å². The van der Waals surface area contributed by atoms with Crippen molar-refractivity contribution in [2.24, 2.45) is 0 Å². The molecular weight excluding hydrogens is 262 g/mol. The first-order valence-electron chi connectivity index (χ1n) is 6.45. The number of nitrogens with one attached hydrogen (secondary N) is 1. The van der Waals surface area contributed by atoms with Crippen LogP contribution in [0, 0.1) is 10.1 Å². The molecule has 5 nitrogen and oxygen atoms in total. The average Bonchev–Trinajstić information content (AvgIpc) is 2.41. The monoisotopic (exact) mass is 281 g/mol. The van der Waals surface area contributed by atoms with Gasteiger partial charge in [0, 0.05) is 23.4 Å². The molecule has 1 aromatic carbocycles. The summed E-state index contributed by atoms with van der Waals surface area (Å²) in [6.07, 6.45) is 6.97. The van der Waals surface area contributed by atoms with Crippen molar-refractivity contribution >= 4 is 28.8 Å². The second-order valence-electron chi connectivity index (χ2n) is 4.84. The minimum Gasteiger partial charge on any atom is -0.397 e. The summed E-state index contributed by atoms with van der Waals surface area (Å²) in [6.45, 7) is 0. The molecule has 0 heterocycles. The fourth-order valence-electron chi connectivity index (χ4n) is 2.54. The van der Waals surface area contributed by atoms with Gasteiger partial charge in [0.05, 0.1) is 16.3 Å². The molecule has 1 saturated carbocycles. The Morgan fingerprint density at radius 2 is 2.16 bits per heavy atom. The van der Waals surface area contributed by atoms with E-state index in [0.717, 1.165) is 12.1 Å². The number of nitrogen functional groups attached to an aromatic ring is 1. The molecule has 2 unspecified atom stereocenters. The summed E-state index contributed by atoms with van der Waals surface area (Å²) in [6, 6.07) is 5.02. The molecular formula is C13H19N3O2S. The lowest BCUT2D eigenvalue weighted by Crippen LogP contribution is -2.34. The maximum Gasteiger partial charge on any atom is 0.271 e. The van der Waals surface area contributed by atoms with Gasteiger partial charge in [-0.25, -0.2) is 0 Å². The largest absolute Gasteiger partial charge is 0.397 e. The lowest BCUT2D eigenvalue weighted by atomic mass is 9.94. The highest BCUT2D eigenvalue weighted by Gasteiger charge is 2.24. The van der Waals surface area contributed by atoms with Crippen LogP contribution >= 0.6 is 11.8 Å². The number of thioether (sulfide) groups is 1. The standard InChI is InChI=1S/C13H19N3O2S/c1-19-13-5-3-2-4-12(13)15-11-7-6-9(16(17)18)8-10(11)14/h6-8,12-13,15H,2-5,14H2,1H3. The number of nitrogens with zero attached hydrogens (tertiary/aromatic N) is 1. The molecule has 0 radical (unpaired) electrons. The third kappa shape index (κ3) is 3.32. The highest BCUT2D eigenvalue weighted by atomic mass is 32.2. The number of hydrogen-bond acceptors (Lipinski definition) is 5. The van der Waals surface area contributed by atoms with Gasteiger partial charge in [0.2, 0.25) is 0 Å². The van der Waals surface area contributed by atoms with Crippen molar-refractivity contribution in [3.63, 3.8) is 0 Å². The van der Waals surface area contributed by atoms with Gasteiger partial charge in [-0.05, 0) is 25.2 Å². The van der Waals surface area contributed by atoms with Crippen LogP contribution in [0.4, 0.5) is 17.1 Å². The van der Waals surface area contributed by atoms with Gasteiger partial charge in [-0.2, -0.15) is 11.8 Å². The molecule has 19 heavy (non-hydrogen) atoms. The van der Waals surface area contributed by atoms with Crippen molar-refractivity contribution in [1.29, 1.82) is 0 Å². The van der Waals surface area contributed by atoms with E-state index in [1.807, 2.05) is 11.8 Å². The van der Waals surface area contributed by atoms with Crippen LogP contribution < -0.4 is 11.1 Å². The zero-order valence-corrected chi connectivity index (χ0v) is 11.8. The van der Waals surface area contributed by atoms with Crippen LogP contribution in [-0.2, 0) is 0 Å². The summed E-state index contributed by atoms with van der Waals surface area (Å²) in [5.74, 6) is 0. The van der Waals surface area contributed by atoms with Crippen LogP contribution in [0.5, 0.6) is 0 Å². The SMILES string of the molecule is CSC1CCCCC1Nc1ccc([N+](=O)[O-])cc1N. The molecule has 1 aliphatic rings. The summed E-state index contributed by atoms with van der Waals surface area (Å²) in [5, 5.41) is 14.7. The van der Waals surface area contributed by atoms with Gasteiger partial charge in [0.1, 0.15) is 0 Å². The number of non-ortho nitro benzene ring substituents is 1. The maximum atomic E-state index is 10.7. The lowest BCUT2D eigenvalue weighted by molar-refractivity contribution is -0.384. The topological polar surface area (TPSA) is 81.2 Å². The Labute approximate surface area is 117 Å². The van der Waals surface area contributed by atoms with Crippen LogP contribution in [0.1, 0.15) is 25.7 Å². The van der Waals surface area contributed by atoms with Gasteiger partial charge in [0.25, 0.3) is 5.69 Å². The number of nitro groups is 1. The molecule has 0 aromatic heterocycles. The van der Waals surface area contributed by atoms with E-state index >= 15 is 0 Å². The molecule has 0 aliphatic heterocycles. The molecule has 1 aliphatic carbocycles. The summed E-state index contributed by atoms with van der Waals surface area (Å²) in [7, 11) is 0. The fourth-order valence-corrected chi connectivity index (χ4v) is 3.47. The molecule has 2 atom stereocenters. The molecule has 2 rings (SSSR count). The molecule has 6 heteroatoms. The molecule has 0 bridgehead atoms. The number of benzene rings is 1. The Morgan fingerprint density at radius 3 is 2.79 bits per heavy atom. The van der Waals surface area contributed by atoms with Gasteiger partial charge >= 0.3 is 0 Å². The Bertz CT molecular complexity index is 467. The normalized spacial score (nSPS) is 23.0. The van der Waals surface area contributed by atoms with Crippen LogP contribution in [0.25, 0.3) is 0 Å². The van der Waals surface area contributed by atoms with Crippen LogP contribution in [0.15, 0.2) is 18.2 Å². The second-order valence-corrected chi connectivity index (χ2v) is 5.92. The van der Waals surface area contributed by atoms with E-state index in [4.69, 9.17) is 5.73 Å². The van der Waals surface area contributed by atoms with Gasteiger partial charge < -0.3 is 11.1 Å². The quantitative estimate of drug-likeness (QED) is 0.503. The van der Waals surface area contributed by atoms with E-state index in [2.05, 4.69) is 11.6 Å². The number of nitrogens with two attached hydrogens (primary N) is 1. The predicted octanol–water partition coefficient (Wildman–Crippen LogP) is 3.26. The number of hydrogen-bond donors (Lipinski definition) is 2. The molecule has 1 aromatic rings.